The Bertz CT molecular complexity index is 323. The molecule has 0 bridgehead atoms. The minimum absolute atomic E-state index is 0.0120. The summed E-state index contributed by atoms with van der Waals surface area (Å²) in [5.41, 5.74) is 0. The Kier molecular flexibility index (Phi) is 2.38. The van der Waals surface area contributed by atoms with Crippen molar-refractivity contribution < 1.29 is 17.9 Å². The maximum absolute atomic E-state index is 11.2. The second-order valence-electron chi connectivity index (χ2n) is 3.84. The normalized spacial score (nSPS) is 32.3. The van der Waals surface area contributed by atoms with Gasteiger partial charge in [0.2, 0.25) is 0 Å². The van der Waals surface area contributed by atoms with E-state index in [0.717, 1.165) is 0 Å². The molecule has 6 heteroatoms. The largest absolute Gasteiger partial charge is 0.447 e. The quantitative estimate of drug-likeness (QED) is 0.669. The van der Waals surface area contributed by atoms with Gasteiger partial charge in [-0.2, -0.15) is 0 Å². The van der Waals surface area contributed by atoms with Gasteiger partial charge in [-0.3, -0.25) is 0 Å². The minimum Gasteiger partial charge on any atom is -0.447 e. The molecular formula is C8H13NO4S. The summed E-state index contributed by atoms with van der Waals surface area (Å²) in [4.78, 5) is 10.8. The van der Waals surface area contributed by atoms with Gasteiger partial charge in [0.25, 0.3) is 0 Å². The first kappa shape index (κ1) is 9.76. The van der Waals surface area contributed by atoms with Gasteiger partial charge in [0.15, 0.2) is 0 Å². The molecule has 0 aromatic heterocycles. The molecule has 0 spiro atoms. The molecule has 1 amide bonds. The Hall–Kier alpha value is -0.780. The first-order chi connectivity index (χ1) is 6.57. The monoisotopic (exact) mass is 219 g/mol. The number of hydrogen-bond acceptors (Lipinski definition) is 4. The summed E-state index contributed by atoms with van der Waals surface area (Å²) in [5.74, 6) is 0.735. The Morgan fingerprint density at radius 3 is 2.43 bits per heavy atom. The molecule has 2 rings (SSSR count). The third kappa shape index (κ3) is 2.00. The molecule has 1 N–H and O–H groups in total. The van der Waals surface area contributed by atoms with Gasteiger partial charge in [0, 0.05) is 0 Å². The molecule has 1 atom stereocenters. The summed E-state index contributed by atoms with van der Waals surface area (Å²) in [6, 6.07) is 0.0120. The summed E-state index contributed by atoms with van der Waals surface area (Å²) >= 11 is 0. The van der Waals surface area contributed by atoms with Crippen LogP contribution < -0.4 is 5.32 Å². The highest BCUT2D eigenvalue weighted by Gasteiger charge is 2.34. The first-order valence-electron chi connectivity index (χ1n) is 4.70. The smallest absolute Gasteiger partial charge is 0.407 e. The molecule has 2 aliphatic rings. The van der Waals surface area contributed by atoms with Gasteiger partial charge in [0.1, 0.15) is 16.4 Å². The Morgan fingerprint density at radius 2 is 1.93 bits per heavy atom. The Balaban J connectivity index is 1.92. The second-order valence-corrected chi connectivity index (χ2v) is 6.14. The molecule has 1 unspecified atom stereocenters. The zero-order valence-corrected chi connectivity index (χ0v) is 8.55. The maximum Gasteiger partial charge on any atom is 0.407 e. The number of sulfone groups is 1. The van der Waals surface area contributed by atoms with E-state index in [2.05, 4.69) is 5.32 Å². The first-order valence-corrected chi connectivity index (χ1v) is 6.53. The summed E-state index contributed by atoms with van der Waals surface area (Å²) in [5, 5.41) is 2.69. The van der Waals surface area contributed by atoms with Crippen LogP contribution in [0, 0.1) is 5.92 Å². The van der Waals surface area contributed by atoms with Crippen molar-refractivity contribution in [1.29, 1.82) is 0 Å². The number of nitrogens with one attached hydrogen (secondary N) is 1. The fourth-order valence-corrected chi connectivity index (χ4v) is 3.49. The van der Waals surface area contributed by atoms with E-state index in [9.17, 15) is 13.2 Å². The second kappa shape index (κ2) is 3.42. The molecule has 2 fully saturated rings. The summed E-state index contributed by atoms with van der Waals surface area (Å²) in [6.45, 7) is 0.379. The van der Waals surface area contributed by atoms with E-state index in [0.29, 0.717) is 19.4 Å². The standard InChI is InChI=1S/C8H13NO4S/c10-8-9-7(5-13-8)6-1-3-14(11,12)4-2-6/h6-7H,1-5H2,(H,9,10). The zero-order chi connectivity index (χ0) is 10.2. The van der Waals surface area contributed by atoms with Crippen LogP contribution in [0.2, 0.25) is 0 Å². The number of carbonyl (C=O) groups is 1. The summed E-state index contributed by atoms with van der Waals surface area (Å²) in [6.07, 6.45) is 0.885. The van der Waals surface area contributed by atoms with Gasteiger partial charge in [0.05, 0.1) is 17.5 Å². The van der Waals surface area contributed by atoms with Crippen LogP contribution in [0.3, 0.4) is 0 Å². The van der Waals surface area contributed by atoms with Gasteiger partial charge >= 0.3 is 6.09 Å². The van der Waals surface area contributed by atoms with E-state index < -0.39 is 9.84 Å². The van der Waals surface area contributed by atoms with Crippen molar-refractivity contribution in [2.45, 2.75) is 18.9 Å². The number of cyclic esters (lactones) is 1. The SMILES string of the molecule is O=C1NC(C2CCS(=O)(=O)CC2)CO1. The maximum atomic E-state index is 11.2. The molecule has 0 saturated carbocycles. The van der Waals surface area contributed by atoms with Crippen LogP contribution in [-0.4, -0.2) is 38.7 Å². The van der Waals surface area contributed by atoms with Crippen LogP contribution in [0.4, 0.5) is 4.79 Å². The van der Waals surface area contributed by atoms with E-state index in [1.807, 2.05) is 0 Å². The van der Waals surface area contributed by atoms with Crippen molar-refractivity contribution in [2.24, 2.45) is 5.92 Å². The van der Waals surface area contributed by atoms with Crippen LogP contribution in [-0.2, 0) is 14.6 Å². The highest BCUT2D eigenvalue weighted by Crippen LogP contribution is 2.24. The molecular weight excluding hydrogens is 206 g/mol. The summed E-state index contributed by atoms with van der Waals surface area (Å²) in [7, 11) is -2.81. The molecule has 2 heterocycles. The fraction of sp³-hybridized carbons (Fsp3) is 0.875. The Morgan fingerprint density at radius 1 is 1.29 bits per heavy atom. The molecule has 2 aliphatic heterocycles. The number of rotatable bonds is 1. The van der Waals surface area contributed by atoms with Crippen molar-refractivity contribution in [3.05, 3.63) is 0 Å². The lowest BCUT2D eigenvalue weighted by Gasteiger charge is -2.25. The van der Waals surface area contributed by atoms with E-state index in [1.54, 1.807) is 0 Å². The lowest BCUT2D eigenvalue weighted by Crippen LogP contribution is -2.38. The Labute approximate surface area is 82.7 Å². The van der Waals surface area contributed by atoms with Crippen molar-refractivity contribution in [3.8, 4) is 0 Å². The molecule has 0 aliphatic carbocycles. The molecule has 0 aromatic rings. The highest BCUT2D eigenvalue weighted by atomic mass is 32.2. The van der Waals surface area contributed by atoms with Crippen LogP contribution in [0.5, 0.6) is 0 Å². The number of amides is 1. The van der Waals surface area contributed by atoms with Gasteiger partial charge in [-0.1, -0.05) is 0 Å². The van der Waals surface area contributed by atoms with Crippen molar-refractivity contribution in [2.75, 3.05) is 18.1 Å². The van der Waals surface area contributed by atoms with E-state index >= 15 is 0 Å². The average Bonchev–Trinajstić information content (AvgIpc) is 2.52. The topological polar surface area (TPSA) is 72.5 Å². The van der Waals surface area contributed by atoms with Crippen LogP contribution in [0.15, 0.2) is 0 Å². The molecule has 0 radical (unpaired) electrons. The predicted octanol–water partition coefficient (Wildman–Crippen LogP) is -0.0804. The third-order valence-corrected chi connectivity index (χ3v) is 4.58. The van der Waals surface area contributed by atoms with Gasteiger partial charge in [-0.05, 0) is 18.8 Å². The molecule has 80 valence electrons. The number of carbonyl (C=O) groups excluding carboxylic acids is 1. The fourth-order valence-electron chi connectivity index (χ4n) is 1.96. The number of alkyl carbamates (subject to hydrolysis) is 1. The highest BCUT2D eigenvalue weighted by molar-refractivity contribution is 7.91. The molecule has 5 nitrogen and oxygen atoms in total. The summed E-state index contributed by atoms with van der Waals surface area (Å²) < 4.78 is 27.1. The van der Waals surface area contributed by atoms with Gasteiger partial charge < -0.3 is 10.1 Å². The molecule has 14 heavy (non-hydrogen) atoms. The third-order valence-electron chi connectivity index (χ3n) is 2.87. The minimum atomic E-state index is -2.81. The zero-order valence-electron chi connectivity index (χ0n) is 7.73. The molecule has 0 aromatic carbocycles. The lowest BCUT2D eigenvalue weighted by atomic mass is 9.95. The lowest BCUT2D eigenvalue weighted by molar-refractivity contribution is 0.174. The van der Waals surface area contributed by atoms with Crippen LogP contribution in [0.25, 0.3) is 0 Å². The number of hydrogen-bond donors (Lipinski definition) is 1. The number of ether oxygens (including phenoxy) is 1. The van der Waals surface area contributed by atoms with E-state index in [-0.39, 0.29) is 29.6 Å². The average molecular weight is 219 g/mol. The molecule has 2 saturated heterocycles. The van der Waals surface area contributed by atoms with Crippen LogP contribution in [0.1, 0.15) is 12.8 Å². The predicted molar refractivity (Wildman–Crippen MR) is 49.6 cm³/mol. The van der Waals surface area contributed by atoms with E-state index in [1.165, 1.54) is 0 Å². The van der Waals surface area contributed by atoms with E-state index in [4.69, 9.17) is 4.74 Å². The van der Waals surface area contributed by atoms with Gasteiger partial charge in [-0.25, -0.2) is 13.2 Å². The van der Waals surface area contributed by atoms with Crippen molar-refractivity contribution >= 4 is 15.9 Å². The van der Waals surface area contributed by atoms with Crippen molar-refractivity contribution in [3.63, 3.8) is 0 Å². The van der Waals surface area contributed by atoms with Crippen molar-refractivity contribution in [1.82, 2.24) is 5.32 Å². The van der Waals surface area contributed by atoms with Crippen LogP contribution >= 0.6 is 0 Å². The van der Waals surface area contributed by atoms with Gasteiger partial charge in [-0.15, -0.1) is 0 Å².